The molecule has 0 aromatic heterocycles. The molecule has 0 radical (unpaired) electrons. The van der Waals surface area contributed by atoms with E-state index in [9.17, 15) is 8.42 Å². The van der Waals surface area contributed by atoms with Crippen LogP contribution in [0.15, 0.2) is 51.8 Å². The molecule has 110 valence electrons. The first-order valence-corrected chi connectivity index (χ1v) is 9.33. The van der Waals surface area contributed by atoms with Crippen LogP contribution in [0.4, 0.5) is 5.69 Å². The predicted octanol–water partition coefficient (Wildman–Crippen LogP) is 4.43. The molecule has 1 aliphatic heterocycles. The molecular formula is C15H13BrClNO2S. The lowest BCUT2D eigenvalue weighted by atomic mass is 10.0. The summed E-state index contributed by atoms with van der Waals surface area (Å²) in [7, 11) is -3.16. The number of anilines is 1. The van der Waals surface area contributed by atoms with E-state index in [4.69, 9.17) is 11.6 Å². The second kappa shape index (κ2) is 5.63. The van der Waals surface area contributed by atoms with Gasteiger partial charge >= 0.3 is 0 Å². The second-order valence-corrected chi connectivity index (χ2v) is 8.22. The molecule has 0 spiro atoms. The Bertz CT molecular complexity index is 792. The predicted molar refractivity (Wildman–Crippen MR) is 88.6 cm³/mol. The van der Waals surface area contributed by atoms with Gasteiger partial charge in [0.05, 0.1) is 31.9 Å². The third-order valence-corrected chi connectivity index (χ3v) is 6.80. The number of fused-ring (bicyclic) bond motifs is 1. The molecule has 1 N–H and O–H groups in total. The number of benzene rings is 2. The number of halogens is 2. The monoisotopic (exact) mass is 385 g/mol. The summed E-state index contributed by atoms with van der Waals surface area (Å²) in [6.45, 7) is 0. The van der Waals surface area contributed by atoms with E-state index in [1.807, 2.05) is 24.3 Å². The Labute approximate surface area is 137 Å². The quantitative estimate of drug-likeness (QED) is 0.830. The maximum absolute atomic E-state index is 12.1. The Morgan fingerprint density at radius 2 is 1.90 bits per heavy atom. The van der Waals surface area contributed by atoms with Crippen LogP contribution in [0.5, 0.6) is 0 Å². The van der Waals surface area contributed by atoms with E-state index in [1.54, 1.807) is 18.2 Å². The van der Waals surface area contributed by atoms with Crippen molar-refractivity contribution in [1.82, 2.24) is 0 Å². The Morgan fingerprint density at radius 3 is 2.71 bits per heavy atom. The molecule has 6 heteroatoms. The highest BCUT2D eigenvalue weighted by Crippen LogP contribution is 2.37. The molecule has 1 aliphatic rings. The second-order valence-electron chi connectivity index (χ2n) is 4.94. The maximum atomic E-state index is 12.1. The molecule has 0 saturated carbocycles. The molecule has 1 heterocycles. The molecule has 3 nitrogen and oxygen atoms in total. The summed E-state index contributed by atoms with van der Waals surface area (Å²) in [5.74, 6) is 0.153. The summed E-state index contributed by atoms with van der Waals surface area (Å²) < 4.78 is 25.1. The summed E-state index contributed by atoms with van der Waals surface area (Å²) in [5, 5.41) is 4.01. The number of sulfone groups is 1. The smallest absolute Gasteiger partial charge is 0.178 e. The fourth-order valence-electron chi connectivity index (χ4n) is 2.54. The third-order valence-electron chi connectivity index (χ3n) is 3.59. The van der Waals surface area contributed by atoms with E-state index in [2.05, 4.69) is 21.2 Å². The van der Waals surface area contributed by atoms with Crippen LogP contribution in [0.25, 0.3) is 0 Å². The minimum atomic E-state index is -3.16. The van der Waals surface area contributed by atoms with E-state index < -0.39 is 9.84 Å². The topological polar surface area (TPSA) is 46.2 Å². The van der Waals surface area contributed by atoms with Gasteiger partial charge in [-0.3, -0.25) is 0 Å². The zero-order chi connectivity index (χ0) is 15.0. The molecule has 0 saturated heterocycles. The molecule has 0 amide bonds. The van der Waals surface area contributed by atoms with Crippen molar-refractivity contribution in [2.45, 2.75) is 17.4 Å². The van der Waals surface area contributed by atoms with Crippen molar-refractivity contribution >= 4 is 43.1 Å². The molecular weight excluding hydrogens is 374 g/mol. The van der Waals surface area contributed by atoms with Crippen LogP contribution in [0.2, 0.25) is 5.02 Å². The van der Waals surface area contributed by atoms with Crippen molar-refractivity contribution in [3.63, 3.8) is 0 Å². The summed E-state index contributed by atoms with van der Waals surface area (Å²) in [5.41, 5.74) is 1.68. The van der Waals surface area contributed by atoms with Gasteiger partial charge in [-0.05, 0) is 46.1 Å². The largest absolute Gasteiger partial charge is 0.377 e. The van der Waals surface area contributed by atoms with Gasteiger partial charge in [-0.1, -0.05) is 35.9 Å². The molecule has 3 rings (SSSR count). The molecule has 0 bridgehead atoms. The standard InChI is InChI=1S/C15H13BrClNO2S/c16-15-11(17)5-3-6-13(15)18-12-8-9-21(19,20)14-7-2-1-4-10(12)14/h1-7,12,18H,8-9H2. The maximum Gasteiger partial charge on any atom is 0.178 e. The van der Waals surface area contributed by atoms with Crippen LogP contribution in [-0.2, 0) is 9.84 Å². The first-order valence-electron chi connectivity index (χ1n) is 6.51. The van der Waals surface area contributed by atoms with Crippen molar-refractivity contribution in [2.75, 3.05) is 11.1 Å². The summed E-state index contributed by atoms with van der Waals surface area (Å²) in [6, 6.07) is 12.7. The van der Waals surface area contributed by atoms with E-state index >= 15 is 0 Å². The lowest BCUT2D eigenvalue weighted by molar-refractivity contribution is 0.576. The molecule has 21 heavy (non-hydrogen) atoms. The number of nitrogens with one attached hydrogen (secondary N) is 1. The minimum absolute atomic E-state index is 0.0421. The lowest BCUT2D eigenvalue weighted by Crippen LogP contribution is -2.24. The Hall–Kier alpha value is -1.04. The van der Waals surface area contributed by atoms with Crippen LogP contribution in [0.3, 0.4) is 0 Å². The fraction of sp³-hybridized carbons (Fsp3) is 0.200. The van der Waals surface area contributed by atoms with E-state index in [0.29, 0.717) is 16.3 Å². The summed E-state index contributed by atoms with van der Waals surface area (Å²) >= 11 is 9.55. The van der Waals surface area contributed by atoms with E-state index in [0.717, 1.165) is 15.7 Å². The van der Waals surface area contributed by atoms with Crippen molar-refractivity contribution in [1.29, 1.82) is 0 Å². The number of rotatable bonds is 2. The average molecular weight is 387 g/mol. The number of hydrogen-bond donors (Lipinski definition) is 1. The van der Waals surface area contributed by atoms with Crippen molar-refractivity contribution in [3.8, 4) is 0 Å². The molecule has 2 aromatic rings. The average Bonchev–Trinajstić information content (AvgIpc) is 2.47. The van der Waals surface area contributed by atoms with Crippen LogP contribution in [0.1, 0.15) is 18.0 Å². The zero-order valence-corrected chi connectivity index (χ0v) is 14.2. The zero-order valence-electron chi connectivity index (χ0n) is 11.0. The van der Waals surface area contributed by atoms with Gasteiger partial charge in [-0.15, -0.1) is 0 Å². The summed E-state index contributed by atoms with van der Waals surface area (Å²) in [6.07, 6.45) is 0.540. The molecule has 1 atom stereocenters. The van der Waals surface area contributed by atoms with Gasteiger partial charge in [-0.2, -0.15) is 0 Å². The van der Waals surface area contributed by atoms with Crippen molar-refractivity contribution in [3.05, 3.63) is 57.5 Å². The fourth-order valence-corrected chi connectivity index (χ4v) is 4.72. The Balaban J connectivity index is 2.00. The van der Waals surface area contributed by atoms with Crippen LogP contribution in [0, 0.1) is 0 Å². The normalized spacial score (nSPS) is 19.8. The first-order chi connectivity index (χ1) is 9.99. The summed E-state index contributed by atoms with van der Waals surface area (Å²) in [4.78, 5) is 0.423. The SMILES string of the molecule is O=S1(=O)CCC(Nc2cccc(Cl)c2Br)c2ccccc21. The Kier molecular flexibility index (Phi) is 3.99. The highest BCUT2D eigenvalue weighted by molar-refractivity contribution is 9.10. The van der Waals surface area contributed by atoms with Gasteiger partial charge in [0, 0.05) is 0 Å². The van der Waals surface area contributed by atoms with Gasteiger partial charge in [0.1, 0.15) is 0 Å². The first kappa shape index (κ1) is 14.9. The number of hydrogen-bond acceptors (Lipinski definition) is 3. The van der Waals surface area contributed by atoms with E-state index in [1.165, 1.54) is 0 Å². The molecule has 2 aromatic carbocycles. The van der Waals surface area contributed by atoms with Crippen LogP contribution < -0.4 is 5.32 Å². The highest BCUT2D eigenvalue weighted by Gasteiger charge is 2.30. The minimum Gasteiger partial charge on any atom is -0.377 e. The van der Waals surface area contributed by atoms with Crippen molar-refractivity contribution in [2.24, 2.45) is 0 Å². The highest BCUT2D eigenvalue weighted by atomic mass is 79.9. The lowest BCUT2D eigenvalue weighted by Gasteiger charge is -2.27. The molecule has 0 fully saturated rings. The van der Waals surface area contributed by atoms with Crippen LogP contribution in [-0.4, -0.2) is 14.2 Å². The van der Waals surface area contributed by atoms with Gasteiger partial charge in [0.15, 0.2) is 9.84 Å². The van der Waals surface area contributed by atoms with Gasteiger partial charge in [0.25, 0.3) is 0 Å². The van der Waals surface area contributed by atoms with Crippen LogP contribution >= 0.6 is 27.5 Å². The molecule has 1 unspecified atom stereocenters. The molecule has 0 aliphatic carbocycles. The van der Waals surface area contributed by atoms with Crippen molar-refractivity contribution < 1.29 is 8.42 Å². The van der Waals surface area contributed by atoms with Gasteiger partial charge < -0.3 is 5.32 Å². The van der Waals surface area contributed by atoms with E-state index in [-0.39, 0.29) is 11.8 Å². The van der Waals surface area contributed by atoms with Gasteiger partial charge in [-0.25, -0.2) is 8.42 Å². The Morgan fingerprint density at radius 1 is 1.14 bits per heavy atom. The van der Waals surface area contributed by atoms with Gasteiger partial charge in [0.2, 0.25) is 0 Å². The third kappa shape index (κ3) is 2.82.